The van der Waals surface area contributed by atoms with E-state index in [0.29, 0.717) is 49.5 Å². The van der Waals surface area contributed by atoms with Gasteiger partial charge in [-0.15, -0.1) is 0 Å². The lowest BCUT2D eigenvalue weighted by Crippen LogP contribution is -2.63. The second-order valence-corrected chi connectivity index (χ2v) is 21.8. The molecule has 1 unspecified atom stereocenters. The number of methoxy groups -OCH3 is 2. The number of allylic oxidation sites excluding steroid dienone is 3. The van der Waals surface area contributed by atoms with E-state index < -0.39 is 102 Å². The lowest BCUT2D eigenvalue weighted by Gasteiger charge is -2.42. The molecule has 2 aromatic rings. The van der Waals surface area contributed by atoms with Crippen LogP contribution in [0.3, 0.4) is 0 Å². The van der Waals surface area contributed by atoms with Crippen molar-refractivity contribution in [2.24, 2.45) is 17.6 Å². The van der Waals surface area contributed by atoms with E-state index in [1.54, 1.807) is 45.2 Å². The number of carbonyl (C=O) groups is 7. The predicted octanol–water partition coefficient (Wildman–Crippen LogP) is 4.23. The van der Waals surface area contributed by atoms with E-state index >= 15 is 0 Å². The van der Waals surface area contributed by atoms with Crippen molar-refractivity contribution < 1.29 is 67.5 Å². The highest BCUT2D eigenvalue weighted by molar-refractivity contribution is 7.80. The number of carbonyl (C=O) groups excluding carboxylic acids is 7. The van der Waals surface area contributed by atoms with Gasteiger partial charge in [0.1, 0.15) is 53.0 Å². The zero-order valence-electron chi connectivity index (χ0n) is 46.7. The molecule has 2 aromatic carbocycles. The normalized spacial score (nSPS) is 26.3. The van der Waals surface area contributed by atoms with Crippen molar-refractivity contribution in [3.8, 4) is 5.75 Å². The van der Waals surface area contributed by atoms with Gasteiger partial charge < -0.3 is 76.0 Å². The number of aliphatic hydroxyl groups excluding tert-OH is 1. The lowest BCUT2D eigenvalue weighted by atomic mass is 9.83. The first-order valence-electron chi connectivity index (χ1n) is 26.7. The minimum absolute atomic E-state index is 0.102. The van der Waals surface area contributed by atoms with E-state index in [0.717, 1.165) is 11.1 Å². The van der Waals surface area contributed by atoms with Gasteiger partial charge in [0.2, 0.25) is 23.6 Å². The number of amides is 8. The van der Waals surface area contributed by atoms with Gasteiger partial charge in [-0.05, 0) is 112 Å². The summed E-state index contributed by atoms with van der Waals surface area (Å²) >= 11 is 12.3. The molecule has 4 aliphatic rings. The monoisotopic (exact) mass is 1170 g/mol. The van der Waals surface area contributed by atoms with Gasteiger partial charge in [0.05, 0.1) is 25.3 Å². The summed E-state index contributed by atoms with van der Waals surface area (Å²) in [5.41, 5.74) is 4.57. The number of nitrogens with two attached hydrogens (primary N) is 1. The number of alkyl carbamates (subject to hydrolysis) is 1. The number of anilines is 3. The molecule has 0 spiro atoms. The van der Waals surface area contributed by atoms with Gasteiger partial charge in [-0.2, -0.15) is 0 Å². The number of aliphatic hydroxyl groups is 2. The second-order valence-electron chi connectivity index (χ2n) is 21.0. The smallest absolute Gasteiger partial charge is 0.412 e. The van der Waals surface area contributed by atoms with Gasteiger partial charge in [0, 0.05) is 63.6 Å². The van der Waals surface area contributed by atoms with Crippen molar-refractivity contribution in [2.45, 2.75) is 134 Å². The summed E-state index contributed by atoms with van der Waals surface area (Å²) in [6.07, 6.45) is 2.71. The van der Waals surface area contributed by atoms with Crippen LogP contribution in [-0.2, 0) is 44.5 Å². The maximum atomic E-state index is 14.4. The van der Waals surface area contributed by atoms with Crippen LogP contribution in [0.5, 0.6) is 5.75 Å². The van der Waals surface area contributed by atoms with Crippen LogP contribution < -0.4 is 52.6 Å². The zero-order valence-corrected chi connectivity index (χ0v) is 48.2. The molecule has 81 heavy (non-hydrogen) atoms. The number of hydrogen-bond acceptors (Lipinski definition) is 15. The quantitative estimate of drug-likeness (QED) is 0.0534. The van der Waals surface area contributed by atoms with Gasteiger partial charge in [0.25, 0.3) is 0 Å². The molecule has 6 rings (SSSR count). The first-order chi connectivity index (χ1) is 38.4. The van der Waals surface area contributed by atoms with Crippen LogP contribution in [0.4, 0.5) is 31.4 Å². The third kappa shape index (κ3) is 16.8. The van der Waals surface area contributed by atoms with Crippen LogP contribution in [0.15, 0.2) is 72.4 Å². The molecule has 2 fully saturated rings. The van der Waals surface area contributed by atoms with Crippen molar-refractivity contribution >= 4 is 87.8 Å². The van der Waals surface area contributed by atoms with Crippen molar-refractivity contribution in [1.82, 2.24) is 31.5 Å². The lowest BCUT2D eigenvalue weighted by molar-refractivity contribution is -0.142. The Morgan fingerprint density at radius 1 is 0.988 bits per heavy atom. The molecular formula is C55H75ClN10O14S. The van der Waals surface area contributed by atoms with Crippen LogP contribution >= 0.6 is 23.8 Å². The Balaban J connectivity index is 1.14. The average Bonchev–Trinajstić information content (AvgIpc) is 4.06. The molecule has 442 valence electrons. The predicted molar refractivity (Wildman–Crippen MR) is 305 cm³/mol. The summed E-state index contributed by atoms with van der Waals surface area (Å²) in [6, 6.07) is 6.85. The van der Waals surface area contributed by atoms with E-state index in [-0.39, 0.29) is 53.5 Å². The van der Waals surface area contributed by atoms with Crippen molar-refractivity contribution in [2.75, 3.05) is 56.4 Å². The summed E-state index contributed by atoms with van der Waals surface area (Å²) in [5, 5.41) is 41.5. The van der Waals surface area contributed by atoms with Crippen LogP contribution in [-0.4, -0.2) is 157 Å². The Morgan fingerprint density at radius 2 is 1.68 bits per heavy atom. The molecule has 0 aromatic heterocycles. The minimum atomic E-state index is -1.89. The third-order valence-electron chi connectivity index (χ3n) is 14.6. The molecule has 0 saturated carbocycles. The van der Waals surface area contributed by atoms with E-state index in [9.17, 15) is 43.8 Å². The number of primary amides is 1. The molecule has 4 bridgehead atoms. The van der Waals surface area contributed by atoms with E-state index in [1.807, 2.05) is 26.8 Å². The van der Waals surface area contributed by atoms with Gasteiger partial charge >= 0.3 is 18.2 Å². The van der Waals surface area contributed by atoms with E-state index in [4.69, 9.17) is 53.2 Å². The number of rotatable bonds is 19. The van der Waals surface area contributed by atoms with Crippen LogP contribution in [0, 0.1) is 11.8 Å². The van der Waals surface area contributed by atoms with Gasteiger partial charge in [-0.25, -0.2) is 14.4 Å². The molecule has 8 amide bonds. The van der Waals surface area contributed by atoms with Crippen LogP contribution in [0.25, 0.3) is 0 Å². The first kappa shape index (κ1) is 63.2. The second kappa shape index (κ2) is 28.1. The molecule has 4 heterocycles. The Labute approximate surface area is 481 Å². The number of fused-ring (bicyclic) bond motifs is 5. The molecular weight excluding hydrogens is 1090 g/mol. The molecule has 10 atom stereocenters. The Hall–Kier alpha value is -7.03. The number of ether oxygens (including phenoxy) is 5. The number of unbranched alkanes of at least 4 members (excludes halogenated alkanes) is 1. The SMILES string of the molecule is COc1cc2cc(c1Cl)N(C)C(=O)C[C@H](OC(=O)Nc1ccc(NC(=O)[C@H](CCCNC(N)=O)NC(=O)[C@@H](NC(=S)NCCCCN3C(=O)C=CC3O)C(C)C)cc1)[C@]1(C)O[C@H]1[C@H](C)[C@@H]1C[C@@](O)(NC(=O)O1)[C@H](OC)/C=C/C=C(\C)C2. The van der Waals surface area contributed by atoms with Crippen LogP contribution in [0.2, 0.25) is 5.02 Å². The molecule has 24 nitrogen and oxygen atoms in total. The minimum Gasteiger partial charge on any atom is -0.495 e. The maximum Gasteiger partial charge on any atom is 0.412 e. The number of nitrogens with zero attached hydrogens (tertiary/aromatic N) is 2. The summed E-state index contributed by atoms with van der Waals surface area (Å²) in [6.45, 7) is 9.86. The van der Waals surface area contributed by atoms with Gasteiger partial charge in [0.15, 0.2) is 10.8 Å². The Kier molecular flexibility index (Phi) is 21.9. The summed E-state index contributed by atoms with van der Waals surface area (Å²) < 4.78 is 29.4. The fourth-order valence-corrected chi connectivity index (χ4v) is 10.4. The van der Waals surface area contributed by atoms with Crippen molar-refractivity contribution in [3.63, 3.8) is 0 Å². The summed E-state index contributed by atoms with van der Waals surface area (Å²) in [7, 11) is 4.41. The number of halogens is 1. The number of thiocarbonyl (C=S) groups is 1. The van der Waals surface area contributed by atoms with Crippen molar-refractivity contribution in [3.05, 3.63) is 82.9 Å². The number of urea groups is 1. The molecule has 0 aliphatic carbocycles. The van der Waals surface area contributed by atoms with Crippen LogP contribution in [0.1, 0.15) is 78.7 Å². The van der Waals surface area contributed by atoms with E-state index in [1.165, 1.54) is 60.4 Å². The van der Waals surface area contributed by atoms with Gasteiger partial charge in [-0.1, -0.05) is 56.2 Å². The Bertz CT molecular complexity index is 2750. The highest BCUT2D eigenvalue weighted by Crippen LogP contribution is 2.49. The highest BCUT2D eigenvalue weighted by atomic mass is 35.5. The molecule has 26 heteroatoms. The number of nitrogens with one attached hydrogen (secondary N) is 7. The summed E-state index contributed by atoms with van der Waals surface area (Å²) in [5.74, 6) is -2.43. The largest absolute Gasteiger partial charge is 0.495 e. The first-order valence-corrected chi connectivity index (χ1v) is 27.5. The molecule has 2 saturated heterocycles. The van der Waals surface area contributed by atoms with E-state index in [2.05, 4.69) is 37.2 Å². The highest BCUT2D eigenvalue weighted by Gasteiger charge is 2.64. The number of hydrogen-bond donors (Lipinski definition) is 10. The van der Waals surface area contributed by atoms with Gasteiger partial charge in [-0.3, -0.25) is 29.8 Å². The standard InChI is InChI=1S/C55H75ClN10O14S/c1-30(2)46(63-51(81)59-22-9-10-24-66-42(67)20-21-43(66)68)49(71)62-36(14-12-23-58-50(57)72)48(70)60-34-16-18-35(19-17-34)61-52(73)79-41-28-44(69)65(6)37-26-33(27-38(76-7)45(37)56)25-31(3)13-11-15-40(77-8)55(75)29-39(78-53(74)64-55)32(4)47-54(41,5)80-47/h11,13,15-21,26-27,30,32,36,39-42,46-47,67,75H,9-10,12,14,22-25,28-29H2,1-8H3,(H,60,70)(H,61,73)(H,62,71)(H,64,74)(H3,57,58,72)(H2,59,63,81)/b15-11+,31-13+/t32-,36+,39+,40-,41+,42?,46+,47+,54+,55+/m1/s1. The van der Waals surface area contributed by atoms with Crippen molar-refractivity contribution in [1.29, 1.82) is 0 Å². The zero-order chi connectivity index (χ0) is 59.3. The molecule has 0 radical (unpaired) electrons. The fourth-order valence-electron chi connectivity index (χ4n) is 9.87. The molecule has 4 aliphatic heterocycles. The Morgan fingerprint density at radius 3 is 2.32 bits per heavy atom. The number of epoxide rings is 1. The summed E-state index contributed by atoms with van der Waals surface area (Å²) in [4.78, 5) is 95.1. The average molecular weight is 1170 g/mol. The third-order valence-corrected chi connectivity index (χ3v) is 15.2. The topological polar surface area (TPSA) is 326 Å². The fraction of sp³-hybridized carbons (Fsp3) is 0.527. The maximum absolute atomic E-state index is 14.4. The number of benzene rings is 2. The molecule has 11 N–H and O–H groups in total.